The van der Waals surface area contributed by atoms with Crippen molar-refractivity contribution in [2.45, 2.75) is 18.6 Å². The first-order valence-corrected chi connectivity index (χ1v) is 9.05. The van der Waals surface area contributed by atoms with Crippen molar-refractivity contribution in [2.75, 3.05) is 17.6 Å². The average molecular weight is 303 g/mol. The van der Waals surface area contributed by atoms with Gasteiger partial charge in [-0.3, -0.25) is 0 Å². The van der Waals surface area contributed by atoms with Gasteiger partial charge in [0.25, 0.3) is 0 Å². The Morgan fingerprint density at radius 1 is 0.857 bits per heavy atom. The summed E-state index contributed by atoms with van der Waals surface area (Å²) in [6.45, 7) is 1.11. The van der Waals surface area contributed by atoms with E-state index in [9.17, 15) is 8.42 Å². The van der Waals surface area contributed by atoms with E-state index in [4.69, 9.17) is 0 Å². The molecule has 0 bridgehead atoms. The van der Waals surface area contributed by atoms with Crippen LogP contribution in [0.15, 0.2) is 48.5 Å². The first-order valence-electron chi connectivity index (χ1n) is 7.23. The van der Waals surface area contributed by atoms with E-state index in [0.29, 0.717) is 12.2 Å². The highest BCUT2D eigenvalue weighted by molar-refractivity contribution is 7.90. The molecule has 0 radical (unpaired) electrons. The molecule has 2 aliphatic rings. The van der Waals surface area contributed by atoms with E-state index in [2.05, 4.69) is 29.6 Å². The third kappa shape index (κ3) is 3.45. The van der Waals surface area contributed by atoms with Gasteiger partial charge in [0.1, 0.15) is 0 Å². The molecule has 0 unspecified atom stereocenters. The Morgan fingerprint density at radius 2 is 1.52 bits per heavy atom. The summed E-state index contributed by atoms with van der Waals surface area (Å²) in [5, 5.41) is 3.30. The zero-order valence-corrected chi connectivity index (χ0v) is 12.7. The number of nitrogens with one attached hydrogen (secondary N) is 1. The standard InChI is InChI=1S/C9H10O2S.C8H9N.H2/c10-12(11)6-5-8-3-1-2-4-9(8)7-12;1-2-4-8-7(3-1)5-6-9-8;/h1-4H,5-7H2;1-4,9H,5-6H2;1H. The topological polar surface area (TPSA) is 46.2 Å². The fourth-order valence-corrected chi connectivity index (χ4v) is 4.19. The maximum atomic E-state index is 11.2. The highest BCUT2D eigenvalue weighted by atomic mass is 32.2. The van der Waals surface area contributed by atoms with E-state index in [1.165, 1.54) is 23.2 Å². The summed E-state index contributed by atoms with van der Waals surface area (Å²) in [4.78, 5) is 0. The lowest BCUT2D eigenvalue weighted by Gasteiger charge is -2.15. The van der Waals surface area contributed by atoms with E-state index >= 15 is 0 Å². The van der Waals surface area contributed by atoms with Crippen LogP contribution in [0.1, 0.15) is 18.1 Å². The molecule has 2 heterocycles. The number of rotatable bonds is 0. The smallest absolute Gasteiger partial charge is 0.154 e. The molecule has 0 fully saturated rings. The molecule has 0 atom stereocenters. The van der Waals surface area contributed by atoms with Crippen LogP contribution in [0.3, 0.4) is 0 Å². The molecular weight excluding hydrogens is 282 g/mol. The van der Waals surface area contributed by atoms with Crippen LogP contribution in [-0.4, -0.2) is 20.7 Å². The summed E-state index contributed by atoms with van der Waals surface area (Å²) in [5.41, 5.74) is 4.94. The summed E-state index contributed by atoms with van der Waals surface area (Å²) in [5.74, 6) is 0.535. The number of aryl methyl sites for hydroxylation is 1. The van der Waals surface area contributed by atoms with Crippen molar-refractivity contribution < 1.29 is 9.84 Å². The zero-order chi connectivity index (χ0) is 14.7. The lowest BCUT2D eigenvalue weighted by molar-refractivity contribution is 0.591. The quantitative estimate of drug-likeness (QED) is 0.813. The summed E-state index contributed by atoms with van der Waals surface area (Å²) >= 11 is 0. The van der Waals surface area contributed by atoms with Crippen LogP contribution in [0.4, 0.5) is 5.69 Å². The predicted molar refractivity (Wildman–Crippen MR) is 88.4 cm³/mol. The Labute approximate surface area is 127 Å². The minimum Gasteiger partial charge on any atom is -0.384 e. The summed E-state index contributed by atoms with van der Waals surface area (Å²) in [7, 11) is -2.80. The third-order valence-corrected chi connectivity index (χ3v) is 5.48. The zero-order valence-electron chi connectivity index (χ0n) is 11.9. The van der Waals surface area contributed by atoms with Gasteiger partial charge in [0.05, 0.1) is 11.5 Å². The van der Waals surface area contributed by atoms with Gasteiger partial charge in [-0.2, -0.15) is 0 Å². The van der Waals surface area contributed by atoms with Crippen molar-refractivity contribution in [1.82, 2.24) is 0 Å². The average Bonchev–Trinajstić information content (AvgIpc) is 2.95. The predicted octanol–water partition coefficient (Wildman–Crippen LogP) is 3.06. The minimum absolute atomic E-state index is 0. The second kappa shape index (κ2) is 5.90. The maximum absolute atomic E-state index is 11.2. The molecular formula is C17H21NO2S. The van der Waals surface area contributed by atoms with E-state index < -0.39 is 9.84 Å². The van der Waals surface area contributed by atoms with Gasteiger partial charge < -0.3 is 5.32 Å². The van der Waals surface area contributed by atoms with Crippen LogP contribution in [0.2, 0.25) is 0 Å². The molecule has 1 N–H and O–H groups in total. The van der Waals surface area contributed by atoms with Gasteiger partial charge in [-0.25, -0.2) is 8.42 Å². The largest absolute Gasteiger partial charge is 0.384 e. The van der Waals surface area contributed by atoms with Gasteiger partial charge in [-0.05, 0) is 35.6 Å². The molecule has 3 nitrogen and oxygen atoms in total. The van der Waals surface area contributed by atoms with Crippen molar-refractivity contribution in [1.29, 1.82) is 0 Å². The Morgan fingerprint density at radius 3 is 2.29 bits per heavy atom. The SMILES string of the molecule is O=S1(=O)CCc2ccccc2C1.[HH].c1ccc2c(c1)CCN2. The Hall–Kier alpha value is -1.81. The molecule has 0 saturated carbocycles. The molecule has 4 rings (SSSR count). The molecule has 21 heavy (non-hydrogen) atoms. The number of fused-ring (bicyclic) bond motifs is 2. The second-order valence-electron chi connectivity index (χ2n) is 5.44. The molecule has 2 aromatic carbocycles. The van der Waals surface area contributed by atoms with Gasteiger partial charge in [-0.1, -0.05) is 42.5 Å². The van der Waals surface area contributed by atoms with E-state index in [1.54, 1.807) is 0 Å². The van der Waals surface area contributed by atoms with Crippen molar-refractivity contribution in [3.8, 4) is 0 Å². The molecule has 112 valence electrons. The Balaban J connectivity index is 0.000000159. The van der Waals surface area contributed by atoms with Gasteiger partial charge >= 0.3 is 0 Å². The maximum Gasteiger partial charge on any atom is 0.154 e. The van der Waals surface area contributed by atoms with Gasteiger partial charge in [-0.15, -0.1) is 0 Å². The molecule has 0 aromatic heterocycles. The molecule has 2 aromatic rings. The van der Waals surface area contributed by atoms with Crippen molar-refractivity contribution in [3.63, 3.8) is 0 Å². The molecule has 4 heteroatoms. The monoisotopic (exact) mass is 303 g/mol. The number of hydrogen-bond donors (Lipinski definition) is 1. The number of para-hydroxylation sites is 1. The summed E-state index contributed by atoms with van der Waals surface area (Å²) in [6, 6.07) is 16.2. The molecule has 0 spiro atoms. The van der Waals surface area contributed by atoms with Gasteiger partial charge in [0, 0.05) is 13.7 Å². The highest BCUT2D eigenvalue weighted by Gasteiger charge is 2.19. The molecule has 0 aliphatic carbocycles. The van der Waals surface area contributed by atoms with Crippen molar-refractivity contribution in [2.24, 2.45) is 0 Å². The minimum atomic E-state index is -2.80. The number of hydrogen-bond acceptors (Lipinski definition) is 3. The van der Waals surface area contributed by atoms with Crippen LogP contribution in [0.5, 0.6) is 0 Å². The third-order valence-electron chi connectivity index (χ3n) is 3.90. The van der Waals surface area contributed by atoms with Crippen LogP contribution in [0.25, 0.3) is 0 Å². The fourth-order valence-electron chi connectivity index (χ4n) is 2.76. The molecule has 2 aliphatic heterocycles. The van der Waals surface area contributed by atoms with Crippen LogP contribution < -0.4 is 5.32 Å². The van der Waals surface area contributed by atoms with E-state index in [-0.39, 0.29) is 7.18 Å². The fraction of sp³-hybridized carbons (Fsp3) is 0.294. The number of anilines is 1. The molecule has 0 saturated heterocycles. The first-order chi connectivity index (χ1) is 10.1. The van der Waals surface area contributed by atoms with Crippen LogP contribution in [0, 0.1) is 0 Å². The van der Waals surface area contributed by atoms with Crippen LogP contribution in [-0.2, 0) is 28.4 Å². The van der Waals surface area contributed by atoms with Gasteiger partial charge in [0.15, 0.2) is 9.84 Å². The van der Waals surface area contributed by atoms with Crippen LogP contribution >= 0.6 is 0 Å². The first kappa shape index (κ1) is 14.1. The number of benzene rings is 2. The van der Waals surface area contributed by atoms with E-state index in [0.717, 1.165) is 12.1 Å². The summed E-state index contributed by atoms with van der Waals surface area (Å²) < 4.78 is 22.4. The second-order valence-corrected chi connectivity index (χ2v) is 7.63. The lowest BCUT2D eigenvalue weighted by atomic mass is 10.1. The van der Waals surface area contributed by atoms with Gasteiger partial charge in [0.2, 0.25) is 0 Å². The highest BCUT2D eigenvalue weighted by Crippen LogP contribution is 2.20. The lowest BCUT2D eigenvalue weighted by Crippen LogP contribution is -2.18. The van der Waals surface area contributed by atoms with E-state index in [1.807, 2.05) is 24.3 Å². The molecule has 0 amide bonds. The normalized spacial score (nSPS) is 17.7. The summed E-state index contributed by atoms with van der Waals surface area (Å²) in [6.07, 6.45) is 1.87. The van der Waals surface area contributed by atoms with Crippen molar-refractivity contribution >= 4 is 15.5 Å². The Bertz CT molecular complexity index is 721. The number of sulfone groups is 1. The Kier molecular flexibility index (Phi) is 3.97. The van der Waals surface area contributed by atoms with Crippen molar-refractivity contribution in [3.05, 3.63) is 65.2 Å².